The molecule has 0 spiro atoms. The lowest BCUT2D eigenvalue weighted by Crippen LogP contribution is -1.85. The topological polar surface area (TPSA) is 92.5 Å². The van der Waals surface area contributed by atoms with Crippen LogP contribution in [-0.2, 0) is 4.79 Å². The summed E-state index contributed by atoms with van der Waals surface area (Å²) < 4.78 is 0. The first-order valence-electron chi connectivity index (χ1n) is 1.91. The summed E-state index contributed by atoms with van der Waals surface area (Å²) in [5, 5.41) is 14.9. The van der Waals surface area contributed by atoms with E-state index in [1.165, 1.54) is 0 Å². The van der Waals surface area contributed by atoms with Gasteiger partial charge in [0.2, 0.25) is 0 Å². The molecule has 0 saturated carbocycles. The van der Waals surface area contributed by atoms with E-state index < -0.39 is 0 Å². The molecule has 5 N–H and O–H groups in total. The summed E-state index contributed by atoms with van der Waals surface area (Å²) in [6.07, 6.45) is -0.167. The van der Waals surface area contributed by atoms with Crippen LogP contribution in [0.1, 0.15) is 13.8 Å². The van der Waals surface area contributed by atoms with Crippen molar-refractivity contribution in [3.8, 4) is 0 Å². The van der Waals surface area contributed by atoms with E-state index in [9.17, 15) is 0 Å². The van der Waals surface area contributed by atoms with Gasteiger partial charge in [0.1, 0.15) is 0 Å². The number of rotatable bonds is 0. The van der Waals surface area contributed by atoms with Crippen molar-refractivity contribution in [1.29, 1.82) is 0 Å². The smallest absolute Gasteiger partial charge is 0.290 e. The van der Waals surface area contributed by atoms with Crippen LogP contribution in [0.5, 0.6) is 0 Å². The molecule has 0 saturated heterocycles. The summed E-state index contributed by atoms with van der Waals surface area (Å²) in [4.78, 5) is 8.36. The third kappa shape index (κ3) is 279. The van der Waals surface area contributed by atoms with Gasteiger partial charge in [-0.05, 0) is 13.8 Å². The Kier molecular flexibility index (Phi) is 31.6. The third-order valence-corrected chi connectivity index (χ3v) is 0. The van der Waals surface area contributed by atoms with Crippen LogP contribution in [0.3, 0.4) is 0 Å². The van der Waals surface area contributed by atoms with E-state index in [4.69, 9.17) is 15.0 Å². The summed E-state index contributed by atoms with van der Waals surface area (Å²) in [6, 6.07) is 0. The fourth-order valence-corrected chi connectivity index (χ4v) is 0. The first-order valence-corrected chi connectivity index (χ1v) is 1.91. The number of hydrogen-bond donors (Lipinski definition) is 3. The highest BCUT2D eigenvalue weighted by molar-refractivity contribution is 5.32. The molecule has 0 aromatic carbocycles. The van der Waals surface area contributed by atoms with Crippen molar-refractivity contribution in [2.45, 2.75) is 20.0 Å². The molecular formula is C4H13NO3. The molecule has 4 heteroatoms. The normalized spacial score (nSPS) is 6.00. The lowest BCUT2D eigenvalue weighted by Gasteiger charge is -1.80. The predicted molar refractivity (Wildman–Crippen MR) is 31.1 cm³/mol. The maximum atomic E-state index is 8.36. The molecule has 0 aromatic heterocycles. The molecule has 0 radical (unpaired) electrons. The minimum Gasteiger partial charge on any atom is -0.483 e. The second-order valence-corrected chi connectivity index (χ2v) is 1.20. The number of hydrogen-bond acceptors (Lipinski definition) is 3. The molecule has 0 rings (SSSR count). The summed E-state index contributed by atoms with van der Waals surface area (Å²) >= 11 is 0. The van der Waals surface area contributed by atoms with Crippen LogP contribution >= 0.6 is 0 Å². The lowest BCUT2D eigenvalue weighted by molar-refractivity contribution is -0.122. The Morgan fingerprint density at radius 3 is 1.50 bits per heavy atom. The van der Waals surface area contributed by atoms with E-state index in [1.54, 1.807) is 13.8 Å². The molecule has 0 aromatic rings. The number of carboxylic acid groups (broad SMARTS) is 1. The number of carbonyl (C=O) groups is 1. The maximum Gasteiger partial charge on any atom is 0.290 e. The van der Waals surface area contributed by atoms with Gasteiger partial charge in [0.15, 0.2) is 0 Å². The van der Waals surface area contributed by atoms with Crippen molar-refractivity contribution in [3.63, 3.8) is 0 Å². The van der Waals surface area contributed by atoms with Gasteiger partial charge in [0.05, 0.1) is 0 Å². The molecule has 0 atom stereocenters. The summed E-state index contributed by atoms with van der Waals surface area (Å²) in [7, 11) is 0. The minimum absolute atomic E-state index is 0. The van der Waals surface area contributed by atoms with Crippen LogP contribution in [0.2, 0.25) is 0 Å². The van der Waals surface area contributed by atoms with Crippen LogP contribution in [-0.4, -0.2) is 22.8 Å². The van der Waals surface area contributed by atoms with E-state index in [1.807, 2.05) is 0 Å². The Balaban J connectivity index is -0.0000000575. The fraction of sp³-hybridized carbons (Fsp3) is 0.750. The van der Waals surface area contributed by atoms with Crippen LogP contribution in [0.15, 0.2) is 0 Å². The van der Waals surface area contributed by atoms with Crippen molar-refractivity contribution in [2.24, 2.45) is 0 Å². The first-order chi connectivity index (χ1) is 3.15. The molecule has 8 heavy (non-hydrogen) atoms. The van der Waals surface area contributed by atoms with Gasteiger partial charge in [-0.1, -0.05) is 0 Å². The monoisotopic (exact) mass is 123 g/mol. The van der Waals surface area contributed by atoms with E-state index in [2.05, 4.69) is 0 Å². The van der Waals surface area contributed by atoms with Crippen molar-refractivity contribution >= 4 is 6.47 Å². The third-order valence-electron chi connectivity index (χ3n) is 0. The highest BCUT2D eigenvalue weighted by Gasteiger charge is 1.69. The van der Waals surface area contributed by atoms with Crippen molar-refractivity contribution < 1.29 is 15.0 Å². The molecule has 0 heterocycles. The largest absolute Gasteiger partial charge is 0.483 e. The number of aliphatic hydroxyl groups is 1. The molecule has 52 valence electrons. The highest BCUT2D eigenvalue weighted by atomic mass is 16.3. The van der Waals surface area contributed by atoms with E-state index in [-0.39, 0.29) is 18.7 Å². The Morgan fingerprint density at radius 2 is 1.50 bits per heavy atom. The van der Waals surface area contributed by atoms with Gasteiger partial charge in [0, 0.05) is 6.10 Å². The lowest BCUT2D eigenvalue weighted by atomic mass is 10.5. The van der Waals surface area contributed by atoms with Crippen molar-refractivity contribution in [1.82, 2.24) is 6.15 Å². The Morgan fingerprint density at radius 1 is 1.50 bits per heavy atom. The quantitative estimate of drug-likeness (QED) is 0.402. The first kappa shape index (κ1) is 15.7. The molecule has 0 aliphatic rings. The van der Waals surface area contributed by atoms with E-state index >= 15 is 0 Å². The molecule has 0 fully saturated rings. The summed E-state index contributed by atoms with van der Waals surface area (Å²) in [5.41, 5.74) is 0. The van der Waals surface area contributed by atoms with Gasteiger partial charge >= 0.3 is 0 Å². The highest BCUT2D eigenvalue weighted by Crippen LogP contribution is 1.65. The summed E-state index contributed by atoms with van der Waals surface area (Å²) in [6.45, 7) is 3.19. The van der Waals surface area contributed by atoms with Crippen molar-refractivity contribution in [3.05, 3.63) is 0 Å². The van der Waals surface area contributed by atoms with Gasteiger partial charge in [-0.2, -0.15) is 0 Å². The van der Waals surface area contributed by atoms with Gasteiger partial charge < -0.3 is 16.4 Å². The average Bonchev–Trinajstić information content (AvgIpc) is 1.33. The molecule has 0 unspecified atom stereocenters. The summed E-state index contributed by atoms with van der Waals surface area (Å²) in [5.74, 6) is 0. The zero-order valence-electron chi connectivity index (χ0n) is 5.16. The van der Waals surface area contributed by atoms with Crippen LogP contribution in [0.4, 0.5) is 0 Å². The van der Waals surface area contributed by atoms with Crippen molar-refractivity contribution in [2.75, 3.05) is 0 Å². The molecule has 0 aliphatic heterocycles. The van der Waals surface area contributed by atoms with E-state index in [0.717, 1.165) is 0 Å². The van der Waals surface area contributed by atoms with Crippen LogP contribution < -0.4 is 6.15 Å². The van der Waals surface area contributed by atoms with Crippen LogP contribution in [0.25, 0.3) is 0 Å². The SMILES string of the molecule is CC(C)O.N.O=CO. The minimum atomic E-state index is -0.250. The average molecular weight is 123 g/mol. The van der Waals surface area contributed by atoms with Gasteiger partial charge in [-0.25, -0.2) is 0 Å². The van der Waals surface area contributed by atoms with E-state index in [0.29, 0.717) is 0 Å². The molecule has 0 amide bonds. The Labute approximate surface area is 48.7 Å². The fourth-order valence-electron chi connectivity index (χ4n) is 0. The molecule has 0 bridgehead atoms. The zero-order chi connectivity index (χ0) is 6.28. The second-order valence-electron chi connectivity index (χ2n) is 1.20. The van der Waals surface area contributed by atoms with Gasteiger partial charge in [-0.15, -0.1) is 0 Å². The number of aliphatic hydroxyl groups excluding tert-OH is 1. The predicted octanol–water partition coefficient (Wildman–Crippen LogP) is 0.250. The zero-order valence-corrected chi connectivity index (χ0v) is 5.16. The van der Waals surface area contributed by atoms with Gasteiger partial charge in [0.25, 0.3) is 6.47 Å². The standard InChI is InChI=1S/C3H8O.CH2O2.H3N/c1-3(2)4;2-1-3;/h3-4H,1-2H3;1H,(H,2,3);1H3. The maximum absolute atomic E-state index is 8.36. The van der Waals surface area contributed by atoms with Crippen LogP contribution in [0, 0.1) is 0 Å². The Bertz CT molecular complexity index is 35.5. The molecular weight excluding hydrogens is 110 g/mol. The Hall–Kier alpha value is -0.610. The molecule has 4 nitrogen and oxygen atoms in total. The van der Waals surface area contributed by atoms with Gasteiger partial charge in [-0.3, -0.25) is 4.79 Å². The molecule has 0 aliphatic carbocycles. The second kappa shape index (κ2) is 16.2.